The molecule has 0 spiro atoms. The van der Waals surface area contributed by atoms with Crippen LogP contribution in [0.2, 0.25) is 0 Å². The first-order valence-corrected chi connectivity index (χ1v) is 6.23. The predicted octanol–water partition coefficient (Wildman–Crippen LogP) is 3.53. The van der Waals surface area contributed by atoms with Crippen molar-refractivity contribution < 1.29 is 8.78 Å². The molecule has 0 aliphatic heterocycles. The first kappa shape index (κ1) is 12.2. The third-order valence-electron chi connectivity index (χ3n) is 2.67. The van der Waals surface area contributed by atoms with Crippen LogP contribution < -0.4 is 5.32 Å². The Morgan fingerprint density at radius 1 is 1.29 bits per heavy atom. The summed E-state index contributed by atoms with van der Waals surface area (Å²) in [5, 5.41) is 5.13. The van der Waals surface area contributed by atoms with Gasteiger partial charge >= 0.3 is 0 Å². The van der Waals surface area contributed by atoms with Crippen LogP contribution in [0.25, 0.3) is 0 Å². The number of benzene rings is 1. The molecule has 0 saturated heterocycles. The van der Waals surface area contributed by atoms with Crippen LogP contribution in [0.4, 0.5) is 8.78 Å². The summed E-state index contributed by atoms with van der Waals surface area (Å²) in [5.74, 6) is -1.02. The highest BCUT2D eigenvalue weighted by molar-refractivity contribution is 7.10. The average molecular weight is 253 g/mol. The van der Waals surface area contributed by atoms with Gasteiger partial charge in [0.05, 0.1) is 0 Å². The molecule has 2 rings (SSSR count). The van der Waals surface area contributed by atoms with Crippen LogP contribution in [0.1, 0.15) is 16.5 Å². The Morgan fingerprint density at radius 2 is 2.12 bits per heavy atom. The van der Waals surface area contributed by atoms with Crippen molar-refractivity contribution in [3.05, 3.63) is 57.8 Å². The van der Waals surface area contributed by atoms with E-state index in [0.717, 1.165) is 10.9 Å². The van der Waals surface area contributed by atoms with Crippen molar-refractivity contribution in [2.24, 2.45) is 0 Å². The van der Waals surface area contributed by atoms with Crippen LogP contribution in [0, 0.1) is 11.6 Å². The molecule has 0 fully saturated rings. The molecule has 2 aromatic rings. The van der Waals surface area contributed by atoms with Gasteiger partial charge in [0, 0.05) is 17.0 Å². The van der Waals surface area contributed by atoms with Gasteiger partial charge in [0.25, 0.3) is 0 Å². The molecule has 0 amide bonds. The van der Waals surface area contributed by atoms with E-state index in [-0.39, 0.29) is 6.04 Å². The molecular weight excluding hydrogens is 240 g/mol. The number of thiophene rings is 1. The van der Waals surface area contributed by atoms with Gasteiger partial charge in [0.2, 0.25) is 0 Å². The third-order valence-corrected chi connectivity index (χ3v) is 3.66. The van der Waals surface area contributed by atoms with Gasteiger partial charge in [-0.2, -0.15) is 0 Å². The number of nitrogens with one attached hydrogen (secondary N) is 1. The molecule has 0 bridgehead atoms. The second-order valence-corrected chi connectivity index (χ2v) is 4.78. The zero-order chi connectivity index (χ0) is 12.3. The average Bonchev–Trinajstić information content (AvgIpc) is 2.81. The van der Waals surface area contributed by atoms with Crippen molar-refractivity contribution in [2.75, 3.05) is 7.05 Å². The molecular formula is C13H13F2NS. The first-order valence-electron chi connectivity index (χ1n) is 5.35. The predicted molar refractivity (Wildman–Crippen MR) is 66.2 cm³/mol. The fourth-order valence-electron chi connectivity index (χ4n) is 1.74. The lowest BCUT2D eigenvalue weighted by Gasteiger charge is -2.15. The van der Waals surface area contributed by atoms with E-state index in [9.17, 15) is 8.78 Å². The van der Waals surface area contributed by atoms with Crippen LogP contribution in [0.15, 0.2) is 35.7 Å². The summed E-state index contributed by atoms with van der Waals surface area (Å²) in [6, 6.07) is 7.76. The quantitative estimate of drug-likeness (QED) is 0.879. The lowest BCUT2D eigenvalue weighted by atomic mass is 10.0. The van der Waals surface area contributed by atoms with Gasteiger partial charge in [-0.3, -0.25) is 0 Å². The molecule has 4 heteroatoms. The topological polar surface area (TPSA) is 12.0 Å². The number of halogens is 2. The van der Waals surface area contributed by atoms with E-state index in [1.807, 2.05) is 24.6 Å². The molecule has 0 saturated carbocycles. The molecule has 1 aromatic carbocycles. The highest BCUT2D eigenvalue weighted by Crippen LogP contribution is 2.23. The number of likely N-dealkylation sites (N-methyl/N-ethyl adjacent to an activating group) is 1. The normalized spacial score (nSPS) is 12.6. The van der Waals surface area contributed by atoms with Crippen molar-refractivity contribution in [1.29, 1.82) is 0 Å². The van der Waals surface area contributed by atoms with Crippen LogP contribution in [0.5, 0.6) is 0 Å². The molecule has 1 aromatic heterocycles. The molecule has 1 unspecified atom stereocenters. The molecule has 1 N–H and O–H groups in total. The summed E-state index contributed by atoms with van der Waals surface area (Å²) in [6.45, 7) is 0. The van der Waals surface area contributed by atoms with E-state index >= 15 is 0 Å². The molecule has 1 nitrogen and oxygen atoms in total. The maximum Gasteiger partial charge on any atom is 0.129 e. The minimum absolute atomic E-state index is 0.0648. The minimum Gasteiger partial charge on any atom is -0.312 e. The zero-order valence-electron chi connectivity index (χ0n) is 9.41. The lowest BCUT2D eigenvalue weighted by molar-refractivity contribution is 0.544. The highest BCUT2D eigenvalue weighted by Gasteiger charge is 2.13. The smallest absolute Gasteiger partial charge is 0.129 e. The van der Waals surface area contributed by atoms with Gasteiger partial charge in [0.1, 0.15) is 11.6 Å². The molecule has 1 heterocycles. The van der Waals surface area contributed by atoms with Crippen molar-refractivity contribution in [2.45, 2.75) is 12.5 Å². The van der Waals surface area contributed by atoms with E-state index < -0.39 is 11.6 Å². The lowest BCUT2D eigenvalue weighted by Crippen LogP contribution is -2.18. The Hall–Kier alpha value is -1.26. The Kier molecular flexibility index (Phi) is 3.86. The van der Waals surface area contributed by atoms with Gasteiger partial charge in [-0.05, 0) is 36.5 Å². The maximum absolute atomic E-state index is 13.5. The van der Waals surface area contributed by atoms with Crippen molar-refractivity contribution >= 4 is 11.3 Å². The SMILES string of the molecule is CNC(Cc1ccc(F)cc1F)c1cccs1. The van der Waals surface area contributed by atoms with E-state index in [1.54, 1.807) is 11.3 Å². The van der Waals surface area contributed by atoms with Gasteiger partial charge < -0.3 is 5.32 Å². The monoisotopic (exact) mass is 253 g/mol. The van der Waals surface area contributed by atoms with Gasteiger partial charge in [0.15, 0.2) is 0 Å². The van der Waals surface area contributed by atoms with Crippen LogP contribution >= 0.6 is 11.3 Å². The summed E-state index contributed by atoms with van der Waals surface area (Å²) < 4.78 is 26.3. The molecule has 0 radical (unpaired) electrons. The Morgan fingerprint density at radius 3 is 2.71 bits per heavy atom. The Labute approximate surface area is 103 Å². The van der Waals surface area contributed by atoms with E-state index in [0.29, 0.717) is 12.0 Å². The molecule has 90 valence electrons. The first-order chi connectivity index (χ1) is 8.20. The van der Waals surface area contributed by atoms with Crippen LogP contribution in [-0.4, -0.2) is 7.05 Å². The summed E-state index contributed by atoms with van der Waals surface area (Å²) in [5.41, 5.74) is 0.527. The summed E-state index contributed by atoms with van der Waals surface area (Å²) in [4.78, 5) is 1.15. The second kappa shape index (κ2) is 5.38. The van der Waals surface area contributed by atoms with E-state index in [4.69, 9.17) is 0 Å². The standard InChI is InChI=1S/C13H13F2NS/c1-16-12(13-3-2-6-17-13)7-9-4-5-10(14)8-11(9)15/h2-6,8,12,16H,7H2,1H3. The van der Waals surface area contributed by atoms with Crippen molar-refractivity contribution in [3.63, 3.8) is 0 Å². The highest BCUT2D eigenvalue weighted by atomic mass is 32.1. The number of rotatable bonds is 4. The van der Waals surface area contributed by atoms with Gasteiger partial charge in [-0.25, -0.2) is 8.78 Å². The van der Waals surface area contributed by atoms with Crippen molar-refractivity contribution in [1.82, 2.24) is 5.32 Å². The van der Waals surface area contributed by atoms with Crippen LogP contribution in [0.3, 0.4) is 0 Å². The van der Waals surface area contributed by atoms with Gasteiger partial charge in [-0.15, -0.1) is 11.3 Å². The van der Waals surface area contributed by atoms with E-state index in [1.165, 1.54) is 12.1 Å². The Bertz CT molecular complexity index is 482. The van der Waals surface area contributed by atoms with E-state index in [2.05, 4.69) is 5.32 Å². The fraction of sp³-hybridized carbons (Fsp3) is 0.231. The Balaban J connectivity index is 2.19. The molecule has 1 atom stereocenters. The summed E-state index contributed by atoms with van der Waals surface area (Å²) in [6.07, 6.45) is 0.517. The minimum atomic E-state index is -0.539. The molecule has 0 aliphatic carbocycles. The summed E-state index contributed by atoms with van der Waals surface area (Å²) >= 11 is 1.62. The maximum atomic E-state index is 13.5. The third kappa shape index (κ3) is 2.90. The number of hydrogen-bond acceptors (Lipinski definition) is 2. The number of hydrogen-bond donors (Lipinski definition) is 1. The van der Waals surface area contributed by atoms with Gasteiger partial charge in [-0.1, -0.05) is 12.1 Å². The molecule has 17 heavy (non-hydrogen) atoms. The molecule has 0 aliphatic rings. The van der Waals surface area contributed by atoms with Crippen molar-refractivity contribution in [3.8, 4) is 0 Å². The van der Waals surface area contributed by atoms with Crippen LogP contribution in [-0.2, 0) is 6.42 Å². The summed E-state index contributed by atoms with van der Waals surface area (Å²) in [7, 11) is 1.84. The zero-order valence-corrected chi connectivity index (χ0v) is 10.2. The second-order valence-electron chi connectivity index (χ2n) is 3.80. The largest absolute Gasteiger partial charge is 0.312 e. The fourth-order valence-corrected chi connectivity index (χ4v) is 2.58.